The van der Waals surface area contributed by atoms with Gasteiger partial charge in [0.25, 0.3) is 0 Å². The van der Waals surface area contributed by atoms with E-state index in [4.69, 9.17) is 5.84 Å². The zero-order chi connectivity index (χ0) is 12.1. The summed E-state index contributed by atoms with van der Waals surface area (Å²) in [7, 11) is 0. The van der Waals surface area contributed by atoms with Gasteiger partial charge in [-0.05, 0) is 25.7 Å². The van der Waals surface area contributed by atoms with Gasteiger partial charge in [-0.3, -0.25) is 0 Å². The van der Waals surface area contributed by atoms with E-state index in [1.165, 1.54) is 19.3 Å². The van der Waals surface area contributed by atoms with Gasteiger partial charge in [-0.1, -0.05) is 13.3 Å². The highest BCUT2D eigenvalue weighted by Gasteiger charge is 2.14. The molecule has 1 saturated heterocycles. The number of piperidine rings is 1. The minimum Gasteiger partial charge on any atom is -0.341 e. The summed E-state index contributed by atoms with van der Waals surface area (Å²) in [6.07, 6.45) is 5.82. The van der Waals surface area contributed by atoms with Gasteiger partial charge in [-0.25, -0.2) is 10.8 Å². The maximum atomic E-state index is 5.45. The minimum atomic E-state index is 0.712. The van der Waals surface area contributed by atoms with E-state index in [-0.39, 0.29) is 0 Å². The van der Waals surface area contributed by atoms with E-state index < -0.39 is 0 Å². The number of rotatable bonds is 4. The third-order valence-corrected chi connectivity index (χ3v) is 3.06. The Bertz CT molecular complexity index is 360. The summed E-state index contributed by atoms with van der Waals surface area (Å²) in [4.78, 5) is 11.3. The summed E-state index contributed by atoms with van der Waals surface area (Å²) in [6.45, 7) is 4.26. The van der Waals surface area contributed by atoms with Crippen molar-refractivity contribution >= 4 is 11.8 Å². The maximum absolute atomic E-state index is 5.45. The highest BCUT2D eigenvalue weighted by molar-refractivity contribution is 5.43. The number of nitrogens with two attached hydrogens (primary N) is 1. The molecule has 0 atom stereocenters. The molecule has 3 N–H and O–H groups in total. The Morgan fingerprint density at radius 3 is 2.71 bits per heavy atom. The molecule has 0 saturated carbocycles. The molecule has 2 heterocycles. The Hall–Kier alpha value is -1.36. The number of nitrogens with one attached hydrogen (secondary N) is 1. The molecule has 94 valence electrons. The van der Waals surface area contributed by atoms with Crippen LogP contribution in [0.4, 0.5) is 11.8 Å². The topological polar surface area (TPSA) is 67.1 Å². The van der Waals surface area contributed by atoms with E-state index in [1.807, 2.05) is 6.07 Å². The van der Waals surface area contributed by atoms with Crippen molar-refractivity contribution in [1.29, 1.82) is 0 Å². The quantitative estimate of drug-likeness (QED) is 0.614. The fraction of sp³-hybridized carbons (Fsp3) is 0.667. The zero-order valence-corrected chi connectivity index (χ0v) is 10.4. The minimum absolute atomic E-state index is 0.712. The molecular formula is C12H21N5. The van der Waals surface area contributed by atoms with Crippen LogP contribution in [0.1, 0.15) is 38.3 Å². The number of anilines is 2. The second kappa shape index (κ2) is 5.82. The third-order valence-electron chi connectivity index (χ3n) is 3.06. The van der Waals surface area contributed by atoms with Crippen LogP contribution in [0, 0.1) is 0 Å². The summed E-state index contributed by atoms with van der Waals surface area (Å²) in [5.41, 5.74) is 3.69. The van der Waals surface area contributed by atoms with Crippen molar-refractivity contribution in [1.82, 2.24) is 9.97 Å². The molecule has 0 bridgehead atoms. The lowest BCUT2D eigenvalue weighted by atomic mass is 10.1. The first-order valence-electron chi connectivity index (χ1n) is 6.43. The van der Waals surface area contributed by atoms with Gasteiger partial charge in [0, 0.05) is 24.8 Å². The number of aryl methyl sites for hydroxylation is 1. The van der Waals surface area contributed by atoms with Crippen molar-refractivity contribution in [3.05, 3.63) is 11.8 Å². The normalized spacial score (nSPS) is 16.0. The molecule has 2 rings (SSSR count). The predicted octanol–water partition coefficient (Wildman–Crippen LogP) is 1.71. The van der Waals surface area contributed by atoms with Crippen molar-refractivity contribution in [2.75, 3.05) is 23.4 Å². The molecular weight excluding hydrogens is 214 g/mol. The molecule has 0 radical (unpaired) electrons. The molecule has 1 aliphatic rings. The summed E-state index contributed by atoms with van der Waals surface area (Å²) in [6, 6.07) is 1.93. The average molecular weight is 235 g/mol. The van der Waals surface area contributed by atoms with Crippen LogP contribution >= 0.6 is 0 Å². The van der Waals surface area contributed by atoms with Gasteiger partial charge in [-0.15, -0.1) is 0 Å². The summed E-state index contributed by atoms with van der Waals surface area (Å²) < 4.78 is 0. The number of hydrogen-bond donors (Lipinski definition) is 2. The molecule has 0 unspecified atom stereocenters. The van der Waals surface area contributed by atoms with Crippen molar-refractivity contribution in [2.24, 2.45) is 5.84 Å². The Morgan fingerprint density at radius 2 is 2.06 bits per heavy atom. The monoisotopic (exact) mass is 235 g/mol. The summed E-state index contributed by atoms with van der Waals surface area (Å²) >= 11 is 0. The molecule has 0 aromatic carbocycles. The van der Waals surface area contributed by atoms with Crippen LogP contribution in [-0.4, -0.2) is 23.1 Å². The van der Waals surface area contributed by atoms with Crippen molar-refractivity contribution in [3.8, 4) is 0 Å². The number of aromatic nitrogens is 2. The largest absolute Gasteiger partial charge is 0.341 e. The van der Waals surface area contributed by atoms with Gasteiger partial charge in [0.15, 0.2) is 0 Å². The standard InChI is InChI=1S/C12H21N5/c1-2-6-10-9-11(16-13)15-12(14-10)17-7-4-3-5-8-17/h9H,2-8,13H2,1H3,(H,14,15,16). The fourth-order valence-electron chi connectivity index (χ4n) is 2.18. The Kier molecular flexibility index (Phi) is 4.14. The molecule has 5 nitrogen and oxygen atoms in total. The van der Waals surface area contributed by atoms with Gasteiger partial charge in [0.1, 0.15) is 5.82 Å². The molecule has 0 spiro atoms. The first-order valence-corrected chi connectivity index (χ1v) is 6.43. The first-order chi connectivity index (χ1) is 8.33. The van der Waals surface area contributed by atoms with Crippen molar-refractivity contribution in [3.63, 3.8) is 0 Å². The smallest absolute Gasteiger partial charge is 0.227 e. The van der Waals surface area contributed by atoms with Crippen LogP contribution < -0.4 is 16.2 Å². The van der Waals surface area contributed by atoms with Gasteiger partial charge in [0.05, 0.1) is 0 Å². The van der Waals surface area contributed by atoms with E-state index in [9.17, 15) is 0 Å². The summed E-state index contributed by atoms with van der Waals surface area (Å²) in [5, 5.41) is 0. The van der Waals surface area contributed by atoms with Crippen LogP contribution in [-0.2, 0) is 6.42 Å². The molecule has 1 aliphatic heterocycles. The number of nitrogens with zero attached hydrogens (tertiary/aromatic N) is 3. The fourth-order valence-corrected chi connectivity index (χ4v) is 2.18. The van der Waals surface area contributed by atoms with Crippen LogP contribution in [0.3, 0.4) is 0 Å². The molecule has 0 amide bonds. The van der Waals surface area contributed by atoms with Crippen LogP contribution in [0.5, 0.6) is 0 Å². The predicted molar refractivity (Wildman–Crippen MR) is 69.9 cm³/mol. The Labute approximate surface area is 102 Å². The maximum Gasteiger partial charge on any atom is 0.227 e. The molecule has 5 heteroatoms. The highest BCUT2D eigenvalue weighted by atomic mass is 15.3. The number of nitrogen functional groups attached to an aromatic ring is 1. The Morgan fingerprint density at radius 1 is 1.29 bits per heavy atom. The SMILES string of the molecule is CCCc1cc(NN)nc(N2CCCCC2)n1. The molecule has 0 aliphatic carbocycles. The summed E-state index contributed by atoms with van der Waals surface area (Å²) in [5.74, 6) is 6.99. The highest BCUT2D eigenvalue weighted by Crippen LogP contribution is 2.18. The van der Waals surface area contributed by atoms with E-state index in [2.05, 4.69) is 27.2 Å². The van der Waals surface area contributed by atoms with E-state index in [0.29, 0.717) is 5.82 Å². The third kappa shape index (κ3) is 3.06. The molecule has 17 heavy (non-hydrogen) atoms. The molecule has 1 aromatic heterocycles. The lowest BCUT2D eigenvalue weighted by Crippen LogP contribution is -2.31. The van der Waals surface area contributed by atoms with Crippen molar-refractivity contribution in [2.45, 2.75) is 39.0 Å². The molecule has 1 aromatic rings. The van der Waals surface area contributed by atoms with Gasteiger partial charge in [0.2, 0.25) is 5.95 Å². The Balaban J connectivity index is 2.21. The van der Waals surface area contributed by atoms with Gasteiger partial charge >= 0.3 is 0 Å². The van der Waals surface area contributed by atoms with E-state index in [0.717, 1.165) is 37.6 Å². The number of hydrazine groups is 1. The van der Waals surface area contributed by atoms with E-state index >= 15 is 0 Å². The lowest BCUT2D eigenvalue weighted by molar-refractivity contribution is 0.567. The lowest BCUT2D eigenvalue weighted by Gasteiger charge is -2.27. The first kappa shape index (κ1) is 12.1. The van der Waals surface area contributed by atoms with Crippen LogP contribution in [0.25, 0.3) is 0 Å². The van der Waals surface area contributed by atoms with Crippen LogP contribution in [0.15, 0.2) is 6.07 Å². The van der Waals surface area contributed by atoms with Gasteiger partial charge < -0.3 is 10.3 Å². The second-order valence-corrected chi connectivity index (χ2v) is 4.49. The average Bonchev–Trinajstić information content (AvgIpc) is 2.40. The van der Waals surface area contributed by atoms with Gasteiger partial charge in [-0.2, -0.15) is 4.98 Å². The van der Waals surface area contributed by atoms with Crippen LogP contribution in [0.2, 0.25) is 0 Å². The van der Waals surface area contributed by atoms with Crippen molar-refractivity contribution < 1.29 is 0 Å². The second-order valence-electron chi connectivity index (χ2n) is 4.49. The zero-order valence-electron chi connectivity index (χ0n) is 10.4. The number of hydrogen-bond acceptors (Lipinski definition) is 5. The van der Waals surface area contributed by atoms with E-state index in [1.54, 1.807) is 0 Å². The molecule has 1 fully saturated rings.